The van der Waals surface area contributed by atoms with Crippen molar-refractivity contribution < 1.29 is 14.0 Å². The molecule has 1 fully saturated rings. The van der Waals surface area contributed by atoms with Crippen LogP contribution in [0.2, 0.25) is 5.02 Å². The maximum absolute atomic E-state index is 12.4. The maximum Gasteiger partial charge on any atom is 0.287 e. The van der Waals surface area contributed by atoms with E-state index >= 15 is 0 Å². The summed E-state index contributed by atoms with van der Waals surface area (Å²) in [6, 6.07) is 9.99. The zero-order chi connectivity index (χ0) is 16.4. The molecule has 23 heavy (non-hydrogen) atoms. The van der Waals surface area contributed by atoms with Crippen molar-refractivity contribution in [1.29, 1.82) is 0 Å². The number of halogens is 1. The summed E-state index contributed by atoms with van der Waals surface area (Å²) in [5.41, 5.74) is 0.619. The normalized spacial score (nSPS) is 16.4. The van der Waals surface area contributed by atoms with Crippen LogP contribution in [0.4, 0.5) is 0 Å². The molecule has 1 aromatic heterocycles. The second-order valence-electron chi connectivity index (χ2n) is 5.75. The molecule has 6 heteroatoms. The van der Waals surface area contributed by atoms with Crippen molar-refractivity contribution in [3.05, 3.63) is 59.0 Å². The van der Waals surface area contributed by atoms with Crippen molar-refractivity contribution in [3.63, 3.8) is 0 Å². The summed E-state index contributed by atoms with van der Waals surface area (Å²) in [6.45, 7) is 1.64. The Kier molecular flexibility index (Phi) is 4.13. The predicted octanol–water partition coefficient (Wildman–Crippen LogP) is 2.86. The van der Waals surface area contributed by atoms with Crippen LogP contribution < -0.4 is 10.6 Å². The second-order valence-corrected chi connectivity index (χ2v) is 6.19. The average molecular weight is 333 g/mol. The Bertz CT molecular complexity index is 723. The Hall–Kier alpha value is -2.27. The molecular formula is C17H17ClN2O3. The minimum absolute atomic E-state index is 0.181. The predicted molar refractivity (Wildman–Crippen MR) is 86.1 cm³/mol. The summed E-state index contributed by atoms with van der Waals surface area (Å²) in [5.74, 6) is -0.465. The molecule has 0 saturated heterocycles. The van der Waals surface area contributed by atoms with Gasteiger partial charge < -0.3 is 15.1 Å². The Morgan fingerprint density at radius 3 is 2.65 bits per heavy atom. The molecular weight excluding hydrogens is 316 g/mol. The summed E-state index contributed by atoms with van der Waals surface area (Å²) in [6.07, 6.45) is 3.13. The summed E-state index contributed by atoms with van der Waals surface area (Å²) in [4.78, 5) is 24.3. The molecule has 1 atom stereocenters. The van der Waals surface area contributed by atoms with E-state index in [0.717, 1.165) is 18.4 Å². The Morgan fingerprint density at radius 1 is 1.26 bits per heavy atom. The van der Waals surface area contributed by atoms with E-state index in [1.54, 1.807) is 25.1 Å². The molecule has 120 valence electrons. The fourth-order valence-corrected chi connectivity index (χ4v) is 2.67. The Labute approximate surface area is 139 Å². The fourth-order valence-electron chi connectivity index (χ4n) is 2.48. The van der Waals surface area contributed by atoms with Gasteiger partial charge in [0.25, 0.3) is 5.91 Å². The molecule has 1 heterocycles. The van der Waals surface area contributed by atoms with Crippen LogP contribution in [-0.4, -0.2) is 17.9 Å². The molecule has 0 radical (unpaired) electrons. The summed E-state index contributed by atoms with van der Waals surface area (Å²) >= 11 is 6.02. The van der Waals surface area contributed by atoms with Crippen molar-refractivity contribution >= 4 is 23.4 Å². The van der Waals surface area contributed by atoms with E-state index in [4.69, 9.17) is 16.0 Å². The van der Waals surface area contributed by atoms with Crippen LogP contribution in [0.3, 0.4) is 0 Å². The Balaban J connectivity index is 1.63. The summed E-state index contributed by atoms with van der Waals surface area (Å²) in [5, 5.41) is 6.28. The average Bonchev–Trinajstić information content (AvgIpc) is 3.10. The van der Waals surface area contributed by atoms with Crippen LogP contribution in [0.1, 0.15) is 35.9 Å². The topological polar surface area (TPSA) is 71.3 Å². The summed E-state index contributed by atoms with van der Waals surface area (Å²) in [7, 11) is 0. The highest BCUT2D eigenvalue weighted by molar-refractivity contribution is 6.30. The number of carbonyl (C=O) groups excluding carboxylic acids is 2. The number of furan rings is 1. The third kappa shape index (κ3) is 3.40. The molecule has 1 aliphatic carbocycles. The number of carbonyl (C=O) groups is 2. The van der Waals surface area contributed by atoms with E-state index in [1.807, 2.05) is 18.2 Å². The minimum atomic E-state index is -0.663. The lowest BCUT2D eigenvalue weighted by atomic mass is 10.0. The van der Waals surface area contributed by atoms with Crippen LogP contribution in [0.5, 0.6) is 0 Å². The lowest BCUT2D eigenvalue weighted by Gasteiger charge is -2.21. The van der Waals surface area contributed by atoms with Gasteiger partial charge in [-0.05, 0) is 49.6 Å². The molecule has 0 bridgehead atoms. The van der Waals surface area contributed by atoms with Crippen molar-refractivity contribution in [1.82, 2.24) is 10.6 Å². The molecule has 2 amide bonds. The van der Waals surface area contributed by atoms with Gasteiger partial charge in [-0.1, -0.05) is 23.7 Å². The minimum Gasteiger partial charge on any atom is -0.459 e. The first-order chi connectivity index (χ1) is 11.0. The van der Waals surface area contributed by atoms with Gasteiger partial charge in [0, 0.05) is 5.02 Å². The van der Waals surface area contributed by atoms with Crippen LogP contribution in [0.25, 0.3) is 0 Å². The zero-order valence-electron chi connectivity index (χ0n) is 12.6. The highest BCUT2D eigenvalue weighted by Gasteiger charge is 2.46. The molecule has 3 rings (SSSR count). The van der Waals surface area contributed by atoms with E-state index in [-0.39, 0.29) is 17.2 Å². The lowest BCUT2D eigenvalue weighted by molar-refractivity contribution is -0.123. The first kappa shape index (κ1) is 15.6. The highest BCUT2D eigenvalue weighted by atomic mass is 35.5. The molecule has 1 aliphatic rings. The number of rotatable bonds is 5. The van der Waals surface area contributed by atoms with Gasteiger partial charge in [-0.2, -0.15) is 0 Å². The third-order valence-corrected chi connectivity index (χ3v) is 4.21. The number of nitrogens with one attached hydrogen (secondary N) is 2. The number of hydrogen-bond acceptors (Lipinski definition) is 3. The number of hydrogen-bond donors (Lipinski definition) is 2. The van der Waals surface area contributed by atoms with Gasteiger partial charge in [0.15, 0.2) is 5.76 Å². The second kappa shape index (κ2) is 6.08. The molecule has 2 aromatic rings. The SMILES string of the molecule is C[C@@H](NC(=O)c1ccco1)C(=O)NC1(c2cccc(Cl)c2)CC1. The van der Waals surface area contributed by atoms with Gasteiger partial charge >= 0.3 is 0 Å². The van der Waals surface area contributed by atoms with E-state index < -0.39 is 11.9 Å². The van der Waals surface area contributed by atoms with Crippen molar-refractivity contribution in [3.8, 4) is 0 Å². The van der Waals surface area contributed by atoms with Gasteiger partial charge in [0.2, 0.25) is 5.91 Å². The standard InChI is InChI=1S/C17H17ClN2O3/c1-11(19-16(22)14-6-3-9-23-14)15(21)20-17(7-8-17)12-4-2-5-13(18)10-12/h2-6,9-11H,7-8H2,1H3,(H,19,22)(H,20,21)/t11-/m1/s1. The van der Waals surface area contributed by atoms with E-state index in [1.165, 1.54) is 6.26 Å². The van der Waals surface area contributed by atoms with Gasteiger partial charge in [0.1, 0.15) is 6.04 Å². The van der Waals surface area contributed by atoms with E-state index in [2.05, 4.69) is 10.6 Å². The molecule has 0 unspecified atom stereocenters. The molecule has 1 saturated carbocycles. The van der Waals surface area contributed by atoms with E-state index in [9.17, 15) is 9.59 Å². The largest absolute Gasteiger partial charge is 0.459 e. The molecule has 0 aliphatic heterocycles. The van der Waals surface area contributed by atoms with Gasteiger partial charge in [0.05, 0.1) is 11.8 Å². The maximum atomic E-state index is 12.4. The van der Waals surface area contributed by atoms with Crippen LogP contribution in [-0.2, 0) is 10.3 Å². The molecule has 5 nitrogen and oxygen atoms in total. The number of benzene rings is 1. The van der Waals surface area contributed by atoms with Crippen LogP contribution >= 0.6 is 11.6 Å². The lowest BCUT2D eigenvalue weighted by Crippen LogP contribution is -2.48. The monoisotopic (exact) mass is 332 g/mol. The summed E-state index contributed by atoms with van der Waals surface area (Å²) < 4.78 is 5.01. The quantitative estimate of drug-likeness (QED) is 0.884. The molecule has 2 N–H and O–H groups in total. The smallest absolute Gasteiger partial charge is 0.287 e. The van der Waals surface area contributed by atoms with Gasteiger partial charge in [-0.15, -0.1) is 0 Å². The van der Waals surface area contributed by atoms with Crippen LogP contribution in [0, 0.1) is 0 Å². The third-order valence-electron chi connectivity index (χ3n) is 3.98. The van der Waals surface area contributed by atoms with Crippen molar-refractivity contribution in [2.45, 2.75) is 31.3 Å². The van der Waals surface area contributed by atoms with E-state index in [0.29, 0.717) is 5.02 Å². The highest BCUT2D eigenvalue weighted by Crippen LogP contribution is 2.46. The first-order valence-corrected chi connectivity index (χ1v) is 7.80. The van der Waals surface area contributed by atoms with Gasteiger partial charge in [-0.3, -0.25) is 9.59 Å². The van der Waals surface area contributed by atoms with Gasteiger partial charge in [-0.25, -0.2) is 0 Å². The molecule has 1 aromatic carbocycles. The number of amides is 2. The van der Waals surface area contributed by atoms with Crippen molar-refractivity contribution in [2.75, 3.05) is 0 Å². The fraction of sp³-hybridized carbons (Fsp3) is 0.294. The van der Waals surface area contributed by atoms with Crippen LogP contribution in [0.15, 0.2) is 47.1 Å². The first-order valence-electron chi connectivity index (χ1n) is 7.43. The molecule has 0 spiro atoms. The van der Waals surface area contributed by atoms with Crippen molar-refractivity contribution in [2.24, 2.45) is 0 Å². The zero-order valence-corrected chi connectivity index (χ0v) is 13.4. The Morgan fingerprint density at radius 2 is 2.04 bits per heavy atom.